The van der Waals surface area contributed by atoms with E-state index in [1.807, 2.05) is 30.5 Å². The lowest BCUT2D eigenvalue weighted by Crippen LogP contribution is -2.39. The summed E-state index contributed by atoms with van der Waals surface area (Å²) >= 11 is 0. The van der Waals surface area contributed by atoms with Crippen LogP contribution in [-0.2, 0) is 4.74 Å². The van der Waals surface area contributed by atoms with Gasteiger partial charge in [-0.2, -0.15) is 0 Å². The molecule has 0 aliphatic rings. The third kappa shape index (κ3) is 4.21. The summed E-state index contributed by atoms with van der Waals surface area (Å²) < 4.78 is 18.3. The minimum atomic E-state index is -0.281. The van der Waals surface area contributed by atoms with Gasteiger partial charge >= 0.3 is 6.03 Å². The predicted molar refractivity (Wildman–Crippen MR) is 99.8 cm³/mol. The van der Waals surface area contributed by atoms with Crippen LogP contribution in [0.25, 0.3) is 10.9 Å². The van der Waals surface area contributed by atoms with E-state index < -0.39 is 0 Å². The molecule has 26 heavy (non-hydrogen) atoms. The summed E-state index contributed by atoms with van der Waals surface area (Å²) in [6.07, 6.45) is 1.95. The first-order valence-electron chi connectivity index (χ1n) is 8.51. The number of hydrogen-bond acceptors (Lipinski definition) is 2. The van der Waals surface area contributed by atoms with Crippen LogP contribution in [0.1, 0.15) is 17.0 Å². The third-order valence-corrected chi connectivity index (χ3v) is 4.33. The number of halogens is 1. The van der Waals surface area contributed by atoms with Gasteiger partial charge in [0, 0.05) is 43.2 Å². The maximum Gasteiger partial charge on any atom is 0.314 e. The molecule has 1 atom stereocenters. The molecule has 1 heterocycles. The minimum Gasteiger partial charge on any atom is -0.383 e. The Hall–Kier alpha value is -2.86. The van der Waals surface area contributed by atoms with Crippen LogP contribution in [0.5, 0.6) is 0 Å². The van der Waals surface area contributed by atoms with Crippen LogP contribution in [0.4, 0.5) is 9.18 Å². The number of rotatable bonds is 7. The van der Waals surface area contributed by atoms with Crippen LogP contribution in [0.15, 0.2) is 54.7 Å². The number of aromatic nitrogens is 1. The molecule has 0 aliphatic heterocycles. The fraction of sp³-hybridized carbons (Fsp3) is 0.250. The highest BCUT2D eigenvalue weighted by Gasteiger charge is 2.19. The summed E-state index contributed by atoms with van der Waals surface area (Å²) in [6.45, 7) is 1.29. The molecule has 136 valence electrons. The molecule has 0 saturated heterocycles. The van der Waals surface area contributed by atoms with Gasteiger partial charge in [-0.05, 0) is 29.3 Å². The molecular formula is C20H22FN3O2. The van der Waals surface area contributed by atoms with Crippen molar-refractivity contribution in [2.24, 2.45) is 0 Å². The van der Waals surface area contributed by atoms with Crippen molar-refractivity contribution >= 4 is 16.9 Å². The van der Waals surface area contributed by atoms with E-state index in [2.05, 4.69) is 15.6 Å². The molecule has 2 amide bonds. The fourth-order valence-electron chi connectivity index (χ4n) is 3.01. The molecule has 0 bridgehead atoms. The summed E-state index contributed by atoms with van der Waals surface area (Å²) in [7, 11) is 1.58. The lowest BCUT2D eigenvalue weighted by molar-refractivity contribution is 0.196. The Kier molecular flexibility index (Phi) is 5.86. The average Bonchev–Trinajstić information content (AvgIpc) is 3.08. The van der Waals surface area contributed by atoms with Gasteiger partial charge in [0.05, 0.1) is 6.61 Å². The molecule has 0 aliphatic carbocycles. The molecule has 3 N–H and O–H groups in total. The Bertz CT molecular complexity index is 861. The van der Waals surface area contributed by atoms with Gasteiger partial charge in [0.15, 0.2) is 0 Å². The van der Waals surface area contributed by atoms with E-state index in [1.165, 1.54) is 12.1 Å². The second-order valence-corrected chi connectivity index (χ2v) is 6.02. The Morgan fingerprint density at radius 2 is 1.92 bits per heavy atom. The number of carbonyl (C=O) groups is 1. The lowest BCUT2D eigenvalue weighted by atomic mass is 9.91. The molecule has 2 aromatic carbocycles. The molecule has 0 saturated carbocycles. The Labute approximate surface area is 151 Å². The molecule has 0 unspecified atom stereocenters. The van der Waals surface area contributed by atoms with Crippen molar-refractivity contribution in [2.75, 3.05) is 26.8 Å². The standard InChI is InChI=1S/C20H22FN3O2/c1-26-11-10-22-20(25)24-12-17(14-6-8-15(21)9-7-14)18-13-23-19-5-3-2-4-16(18)19/h2-9,13,17,23H,10-12H2,1H3,(H2,22,24,25)/t17-/m0/s1. The predicted octanol–water partition coefficient (Wildman–Crippen LogP) is 3.38. The zero-order valence-electron chi connectivity index (χ0n) is 14.6. The highest BCUT2D eigenvalue weighted by Crippen LogP contribution is 2.30. The SMILES string of the molecule is COCCNC(=O)NC[C@@H](c1ccc(F)cc1)c1c[nH]c2ccccc12. The van der Waals surface area contributed by atoms with Gasteiger partial charge in [-0.3, -0.25) is 0 Å². The number of amides is 2. The normalized spacial score (nSPS) is 12.1. The van der Waals surface area contributed by atoms with E-state index in [0.29, 0.717) is 19.7 Å². The first-order valence-corrected chi connectivity index (χ1v) is 8.51. The Morgan fingerprint density at radius 3 is 2.69 bits per heavy atom. The number of benzene rings is 2. The Balaban J connectivity index is 1.83. The maximum absolute atomic E-state index is 13.3. The van der Waals surface area contributed by atoms with Gasteiger partial charge in [0.1, 0.15) is 5.82 Å². The number of para-hydroxylation sites is 1. The van der Waals surface area contributed by atoms with Crippen molar-refractivity contribution in [2.45, 2.75) is 5.92 Å². The Morgan fingerprint density at radius 1 is 1.15 bits per heavy atom. The summed E-state index contributed by atoms with van der Waals surface area (Å²) in [6, 6.07) is 14.1. The number of aromatic amines is 1. The molecule has 3 aromatic rings. The summed E-state index contributed by atoms with van der Waals surface area (Å²) in [5, 5.41) is 6.72. The number of methoxy groups -OCH3 is 1. The largest absolute Gasteiger partial charge is 0.383 e. The maximum atomic E-state index is 13.3. The summed E-state index contributed by atoms with van der Waals surface area (Å²) in [5.41, 5.74) is 3.02. The zero-order chi connectivity index (χ0) is 18.4. The van der Waals surface area contributed by atoms with E-state index in [4.69, 9.17) is 4.74 Å². The third-order valence-electron chi connectivity index (χ3n) is 4.33. The van der Waals surface area contributed by atoms with Gasteiger partial charge < -0.3 is 20.4 Å². The smallest absolute Gasteiger partial charge is 0.314 e. The lowest BCUT2D eigenvalue weighted by Gasteiger charge is -2.18. The summed E-state index contributed by atoms with van der Waals surface area (Å²) in [5.74, 6) is -0.378. The van der Waals surface area contributed by atoms with Crippen LogP contribution in [0.3, 0.4) is 0 Å². The van der Waals surface area contributed by atoms with Crippen LogP contribution in [-0.4, -0.2) is 37.8 Å². The molecular weight excluding hydrogens is 333 g/mol. The molecule has 3 rings (SSSR count). The number of urea groups is 1. The second-order valence-electron chi connectivity index (χ2n) is 6.02. The summed E-state index contributed by atoms with van der Waals surface area (Å²) in [4.78, 5) is 15.3. The number of fused-ring (bicyclic) bond motifs is 1. The van der Waals surface area contributed by atoms with E-state index in [9.17, 15) is 9.18 Å². The van der Waals surface area contributed by atoms with Gasteiger partial charge in [-0.1, -0.05) is 30.3 Å². The van der Waals surface area contributed by atoms with Gasteiger partial charge in [-0.15, -0.1) is 0 Å². The molecule has 6 heteroatoms. The topological polar surface area (TPSA) is 66.2 Å². The van der Waals surface area contributed by atoms with Crippen molar-refractivity contribution < 1.29 is 13.9 Å². The highest BCUT2D eigenvalue weighted by molar-refractivity contribution is 5.84. The number of carbonyl (C=O) groups excluding carboxylic acids is 1. The molecule has 0 radical (unpaired) electrons. The van der Waals surface area contributed by atoms with Crippen molar-refractivity contribution in [3.8, 4) is 0 Å². The van der Waals surface area contributed by atoms with Crippen LogP contribution in [0, 0.1) is 5.82 Å². The van der Waals surface area contributed by atoms with Crippen molar-refractivity contribution in [1.29, 1.82) is 0 Å². The van der Waals surface area contributed by atoms with Crippen molar-refractivity contribution in [3.05, 3.63) is 71.7 Å². The van der Waals surface area contributed by atoms with Crippen LogP contribution < -0.4 is 10.6 Å². The minimum absolute atomic E-state index is 0.0973. The van der Waals surface area contributed by atoms with E-state index >= 15 is 0 Å². The van der Waals surface area contributed by atoms with E-state index in [-0.39, 0.29) is 17.8 Å². The van der Waals surface area contributed by atoms with E-state index in [1.54, 1.807) is 19.2 Å². The number of hydrogen-bond donors (Lipinski definition) is 3. The first-order chi connectivity index (χ1) is 12.7. The van der Waals surface area contributed by atoms with Gasteiger partial charge in [-0.25, -0.2) is 9.18 Å². The quantitative estimate of drug-likeness (QED) is 0.569. The average molecular weight is 355 g/mol. The molecule has 5 nitrogen and oxygen atoms in total. The van der Waals surface area contributed by atoms with Gasteiger partial charge in [0.25, 0.3) is 0 Å². The van der Waals surface area contributed by atoms with Crippen molar-refractivity contribution in [3.63, 3.8) is 0 Å². The fourth-order valence-corrected chi connectivity index (χ4v) is 3.01. The van der Waals surface area contributed by atoms with Crippen LogP contribution in [0.2, 0.25) is 0 Å². The second kappa shape index (κ2) is 8.49. The number of H-pyrrole nitrogens is 1. The van der Waals surface area contributed by atoms with Gasteiger partial charge in [0.2, 0.25) is 0 Å². The number of ether oxygens (including phenoxy) is 1. The first kappa shape index (κ1) is 17.9. The van der Waals surface area contributed by atoms with Crippen molar-refractivity contribution in [1.82, 2.24) is 15.6 Å². The zero-order valence-corrected chi connectivity index (χ0v) is 14.6. The number of nitrogens with one attached hydrogen (secondary N) is 3. The molecule has 1 aromatic heterocycles. The molecule has 0 spiro atoms. The highest BCUT2D eigenvalue weighted by atomic mass is 19.1. The van der Waals surface area contributed by atoms with Crippen LogP contribution >= 0.6 is 0 Å². The monoisotopic (exact) mass is 355 g/mol. The van der Waals surface area contributed by atoms with E-state index in [0.717, 1.165) is 22.0 Å². The molecule has 0 fully saturated rings.